The topological polar surface area (TPSA) is 80.3 Å². The van der Waals surface area contributed by atoms with E-state index in [9.17, 15) is 4.79 Å². The molecule has 1 aliphatic carbocycles. The molecule has 1 saturated heterocycles. The molecule has 0 bridgehead atoms. The lowest BCUT2D eigenvalue weighted by atomic mass is 9.95. The van der Waals surface area contributed by atoms with Gasteiger partial charge in [-0.25, -0.2) is 0 Å². The smallest absolute Gasteiger partial charge is 0.292 e. The van der Waals surface area contributed by atoms with Crippen molar-refractivity contribution in [1.82, 2.24) is 29.7 Å². The fraction of sp³-hybridized carbons (Fsp3) is 0.667. The zero-order valence-corrected chi connectivity index (χ0v) is 15.7. The number of rotatable bonds is 5. The van der Waals surface area contributed by atoms with E-state index in [0.29, 0.717) is 30.8 Å². The van der Waals surface area contributed by atoms with Gasteiger partial charge in [-0.15, -0.1) is 10.2 Å². The van der Waals surface area contributed by atoms with Crippen molar-refractivity contribution < 1.29 is 9.32 Å². The molecular formula is C18H26N6O2. The molecular weight excluding hydrogens is 332 g/mol. The first-order valence-electron chi connectivity index (χ1n) is 9.34. The number of nitrogens with zero attached hydrogens (tertiary/aromatic N) is 6. The van der Waals surface area contributed by atoms with Crippen LogP contribution >= 0.6 is 0 Å². The summed E-state index contributed by atoms with van der Waals surface area (Å²) in [4.78, 5) is 16.5. The summed E-state index contributed by atoms with van der Waals surface area (Å²) in [6.07, 6.45) is 4.25. The first-order chi connectivity index (χ1) is 12.5. The van der Waals surface area contributed by atoms with Gasteiger partial charge in [0.15, 0.2) is 0 Å². The van der Waals surface area contributed by atoms with E-state index in [1.807, 2.05) is 11.8 Å². The molecule has 0 spiro atoms. The Morgan fingerprint density at radius 2 is 1.96 bits per heavy atom. The van der Waals surface area contributed by atoms with Gasteiger partial charge < -0.3 is 18.9 Å². The van der Waals surface area contributed by atoms with Crippen molar-refractivity contribution in [2.24, 2.45) is 0 Å². The number of aromatic nitrogens is 4. The standard InChI is InChI=1S/C18H26N6O2/c1-12-10-15(26-21-12)18(25)23-8-6-13(7-9-23)17-20-19-16(11-22(2)3)24(17)14-4-5-14/h10,13-14H,4-9,11H2,1-3H3. The van der Waals surface area contributed by atoms with Crippen LogP contribution in [0.1, 0.15) is 65.5 Å². The average Bonchev–Trinajstić information content (AvgIpc) is 3.23. The number of hydrogen-bond donors (Lipinski definition) is 0. The molecule has 0 atom stereocenters. The van der Waals surface area contributed by atoms with Gasteiger partial charge in [0.05, 0.1) is 12.2 Å². The third-order valence-corrected chi connectivity index (χ3v) is 5.15. The summed E-state index contributed by atoms with van der Waals surface area (Å²) in [5.41, 5.74) is 0.731. The van der Waals surface area contributed by atoms with Crippen molar-refractivity contribution in [3.63, 3.8) is 0 Å². The zero-order chi connectivity index (χ0) is 18.3. The van der Waals surface area contributed by atoms with E-state index < -0.39 is 0 Å². The Hall–Kier alpha value is -2.22. The van der Waals surface area contributed by atoms with Crippen LogP contribution in [0.2, 0.25) is 0 Å². The van der Waals surface area contributed by atoms with Gasteiger partial charge in [0.2, 0.25) is 5.76 Å². The number of amides is 1. The first kappa shape index (κ1) is 17.2. The summed E-state index contributed by atoms with van der Waals surface area (Å²) < 4.78 is 7.48. The van der Waals surface area contributed by atoms with Gasteiger partial charge in [0.1, 0.15) is 11.6 Å². The maximum Gasteiger partial charge on any atom is 0.292 e. The minimum Gasteiger partial charge on any atom is -0.351 e. The summed E-state index contributed by atoms with van der Waals surface area (Å²) >= 11 is 0. The second-order valence-electron chi connectivity index (χ2n) is 7.71. The third kappa shape index (κ3) is 3.38. The van der Waals surface area contributed by atoms with E-state index in [1.165, 1.54) is 12.8 Å². The number of likely N-dealkylation sites (tertiary alicyclic amines) is 1. The first-order valence-corrected chi connectivity index (χ1v) is 9.34. The highest BCUT2D eigenvalue weighted by molar-refractivity contribution is 5.91. The van der Waals surface area contributed by atoms with E-state index in [4.69, 9.17) is 4.52 Å². The van der Waals surface area contributed by atoms with Crippen LogP contribution in [-0.2, 0) is 6.54 Å². The molecule has 4 rings (SSSR count). The molecule has 140 valence electrons. The summed E-state index contributed by atoms with van der Waals surface area (Å²) in [7, 11) is 4.11. The molecule has 2 aliphatic rings. The fourth-order valence-corrected chi connectivity index (χ4v) is 3.70. The number of piperidine rings is 1. The van der Waals surface area contributed by atoms with Gasteiger partial charge in [-0.05, 0) is 46.7 Å². The zero-order valence-electron chi connectivity index (χ0n) is 15.7. The molecule has 26 heavy (non-hydrogen) atoms. The lowest BCUT2D eigenvalue weighted by Gasteiger charge is -2.31. The van der Waals surface area contributed by atoms with Crippen molar-refractivity contribution in [3.8, 4) is 0 Å². The Labute approximate surface area is 153 Å². The largest absolute Gasteiger partial charge is 0.351 e. The fourth-order valence-electron chi connectivity index (χ4n) is 3.70. The Morgan fingerprint density at radius 1 is 1.23 bits per heavy atom. The minimum atomic E-state index is -0.0685. The second-order valence-corrected chi connectivity index (χ2v) is 7.71. The molecule has 0 unspecified atom stereocenters. The third-order valence-electron chi connectivity index (χ3n) is 5.15. The molecule has 2 aromatic rings. The van der Waals surface area contributed by atoms with E-state index in [2.05, 4.69) is 38.9 Å². The summed E-state index contributed by atoms with van der Waals surface area (Å²) in [5, 5.41) is 12.8. The predicted octanol–water partition coefficient (Wildman–Crippen LogP) is 1.99. The molecule has 0 radical (unpaired) electrons. The Morgan fingerprint density at radius 3 is 2.54 bits per heavy atom. The van der Waals surface area contributed by atoms with E-state index in [0.717, 1.165) is 36.7 Å². The van der Waals surface area contributed by atoms with Crippen LogP contribution in [-0.4, -0.2) is 62.8 Å². The number of carbonyl (C=O) groups excluding carboxylic acids is 1. The van der Waals surface area contributed by atoms with E-state index in [1.54, 1.807) is 6.07 Å². The van der Waals surface area contributed by atoms with Gasteiger partial charge in [0, 0.05) is 31.1 Å². The maximum absolute atomic E-state index is 12.5. The van der Waals surface area contributed by atoms with Crippen LogP contribution in [0.25, 0.3) is 0 Å². The van der Waals surface area contributed by atoms with E-state index in [-0.39, 0.29) is 5.91 Å². The molecule has 1 aliphatic heterocycles. The van der Waals surface area contributed by atoms with Crippen LogP contribution < -0.4 is 0 Å². The Kier molecular flexibility index (Phi) is 4.52. The lowest BCUT2D eigenvalue weighted by molar-refractivity contribution is 0.0668. The van der Waals surface area contributed by atoms with Crippen LogP contribution in [0, 0.1) is 6.92 Å². The average molecular weight is 358 g/mol. The molecule has 1 amide bonds. The van der Waals surface area contributed by atoms with Crippen molar-refractivity contribution >= 4 is 5.91 Å². The molecule has 0 N–H and O–H groups in total. The van der Waals surface area contributed by atoms with Gasteiger partial charge in [-0.1, -0.05) is 5.16 Å². The number of aryl methyl sites for hydroxylation is 1. The van der Waals surface area contributed by atoms with Crippen molar-refractivity contribution in [3.05, 3.63) is 29.2 Å². The normalized spacial score (nSPS) is 18.7. The van der Waals surface area contributed by atoms with Gasteiger partial charge in [-0.3, -0.25) is 4.79 Å². The monoisotopic (exact) mass is 358 g/mol. The van der Waals surface area contributed by atoms with Crippen LogP contribution in [0.4, 0.5) is 0 Å². The van der Waals surface area contributed by atoms with Gasteiger partial charge in [-0.2, -0.15) is 0 Å². The lowest BCUT2D eigenvalue weighted by Crippen LogP contribution is -2.38. The summed E-state index contributed by atoms with van der Waals surface area (Å²) in [6.45, 7) is 4.06. The molecule has 8 heteroatoms. The predicted molar refractivity (Wildman–Crippen MR) is 94.8 cm³/mol. The van der Waals surface area contributed by atoms with Gasteiger partial charge in [0.25, 0.3) is 5.91 Å². The van der Waals surface area contributed by atoms with Crippen LogP contribution in [0.3, 0.4) is 0 Å². The quantitative estimate of drug-likeness (QED) is 0.813. The van der Waals surface area contributed by atoms with Crippen molar-refractivity contribution in [1.29, 1.82) is 0 Å². The molecule has 3 heterocycles. The van der Waals surface area contributed by atoms with Crippen molar-refractivity contribution in [2.45, 2.75) is 51.1 Å². The Bertz CT molecular complexity index is 783. The van der Waals surface area contributed by atoms with Gasteiger partial charge >= 0.3 is 0 Å². The van der Waals surface area contributed by atoms with Crippen molar-refractivity contribution in [2.75, 3.05) is 27.2 Å². The van der Waals surface area contributed by atoms with E-state index >= 15 is 0 Å². The summed E-state index contributed by atoms with van der Waals surface area (Å²) in [5.74, 6) is 2.78. The number of hydrogen-bond acceptors (Lipinski definition) is 6. The highest BCUT2D eigenvalue weighted by Crippen LogP contribution is 2.40. The molecule has 2 aromatic heterocycles. The highest BCUT2D eigenvalue weighted by atomic mass is 16.5. The highest BCUT2D eigenvalue weighted by Gasteiger charge is 2.34. The number of carbonyl (C=O) groups is 1. The molecule has 8 nitrogen and oxygen atoms in total. The molecule has 0 aromatic carbocycles. The van der Waals surface area contributed by atoms with Crippen LogP contribution in [0.5, 0.6) is 0 Å². The SMILES string of the molecule is Cc1cc(C(=O)N2CCC(c3nnc(CN(C)C)n3C3CC3)CC2)on1. The summed E-state index contributed by atoms with van der Waals surface area (Å²) in [6, 6.07) is 2.26. The molecule has 1 saturated carbocycles. The molecule has 2 fully saturated rings. The minimum absolute atomic E-state index is 0.0685. The second kappa shape index (κ2) is 6.83. The van der Waals surface area contributed by atoms with Crippen LogP contribution in [0.15, 0.2) is 10.6 Å². The Balaban J connectivity index is 1.45. The maximum atomic E-state index is 12.5.